The smallest absolute Gasteiger partial charge is 0.192 e. The van der Waals surface area contributed by atoms with E-state index in [2.05, 4.69) is 22.5 Å². The highest BCUT2D eigenvalue weighted by atomic mass is 32.2. The third kappa shape index (κ3) is 5.28. The van der Waals surface area contributed by atoms with Gasteiger partial charge in [-0.3, -0.25) is 0 Å². The van der Waals surface area contributed by atoms with Crippen molar-refractivity contribution in [3.63, 3.8) is 0 Å². The van der Waals surface area contributed by atoms with E-state index in [9.17, 15) is 8.42 Å². The molecule has 1 aromatic rings. The van der Waals surface area contributed by atoms with E-state index in [-0.39, 0.29) is 5.03 Å². The van der Waals surface area contributed by atoms with Crippen LogP contribution in [0.25, 0.3) is 0 Å². The van der Waals surface area contributed by atoms with E-state index in [1.807, 2.05) is 0 Å². The maximum atomic E-state index is 11.4. The van der Waals surface area contributed by atoms with Gasteiger partial charge in [0, 0.05) is 18.3 Å². The maximum absolute atomic E-state index is 11.4. The Morgan fingerprint density at radius 2 is 2.19 bits per heavy atom. The summed E-state index contributed by atoms with van der Waals surface area (Å²) in [5.41, 5.74) is 0.864. The zero-order valence-electron chi connectivity index (χ0n) is 12.8. The van der Waals surface area contributed by atoms with Crippen LogP contribution in [0.3, 0.4) is 0 Å². The summed E-state index contributed by atoms with van der Waals surface area (Å²) < 4.78 is 22.7. The van der Waals surface area contributed by atoms with Gasteiger partial charge in [0.2, 0.25) is 0 Å². The summed E-state index contributed by atoms with van der Waals surface area (Å²) >= 11 is 0. The lowest BCUT2D eigenvalue weighted by molar-refractivity contribution is 0.456. The highest BCUT2D eigenvalue weighted by Crippen LogP contribution is 2.16. The van der Waals surface area contributed by atoms with Crippen LogP contribution in [-0.4, -0.2) is 38.3 Å². The highest BCUT2D eigenvalue weighted by molar-refractivity contribution is 7.90. The molecule has 0 spiro atoms. The van der Waals surface area contributed by atoms with Crippen molar-refractivity contribution in [2.75, 3.05) is 18.1 Å². The average Bonchev–Trinajstić information content (AvgIpc) is 2.67. The molecule has 0 radical (unpaired) electrons. The molecule has 1 aromatic heterocycles. The van der Waals surface area contributed by atoms with Gasteiger partial charge < -0.3 is 10.6 Å². The summed E-state index contributed by atoms with van der Waals surface area (Å²) in [4.78, 5) is 4.00. The zero-order chi connectivity index (χ0) is 15.3. The predicted molar refractivity (Wildman–Crippen MR) is 85.3 cm³/mol. The molecule has 21 heavy (non-hydrogen) atoms. The molecule has 2 heterocycles. The summed E-state index contributed by atoms with van der Waals surface area (Å²) in [5.74, 6) is 0. The Bertz CT molecular complexity index is 535. The second-order valence-corrected chi connectivity index (χ2v) is 7.90. The Morgan fingerprint density at radius 1 is 1.38 bits per heavy atom. The number of aromatic nitrogens is 1. The summed E-state index contributed by atoms with van der Waals surface area (Å²) in [6.45, 7) is 3.26. The Morgan fingerprint density at radius 3 is 2.86 bits per heavy atom. The van der Waals surface area contributed by atoms with E-state index in [1.54, 1.807) is 18.3 Å². The van der Waals surface area contributed by atoms with E-state index in [0.717, 1.165) is 18.7 Å². The van der Waals surface area contributed by atoms with Crippen LogP contribution >= 0.6 is 0 Å². The molecule has 5 nitrogen and oxygen atoms in total. The summed E-state index contributed by atoms with van der Waals surface area (Å²) in [6.07, 6.45) is 8.95. The van der Waals surface area contributed by atoms with Crippen molar-refractivity contribution in [2.45, 2.75) is 56.1 Å². The first kappa shape index (κ1) is 16.2. The number of hydrogen-bond donors (Lipinski definition) is 2. The van der Waals surface area contributed by atoms with Crippen LogP contribution in [0.1, 0.15) is 39.0 Å². The van der Waals surface area contributed by atoms with Crippen molar-refractivity contribution in [2.24, 2.45) is 0 Å². The monoisotopic (exact) mass is 311 g/mol. The molecular weight excluding hydrogens is 286 g/mol. The lowest BCUT2D eigenvalue weighted by Gasteiger charge is -2.22. The molecule has 1 saturated heterocycles. The van der Waals surface area contributed by atoms with Crippen molar-refractivity contribution in [1.82, 2.24) is 10.3 Å². The Kier molecular flexibility index (Phi) is 5.58. The fraction of sp³-hybridized carbons (Fsp3) is 0.667. The standard InChI is InChI=1S/C15H25N3O2S/c1-12(10-13-6-4-3-5-9-16-13)18-14-7-8-15(17-11-14)21(2,19)20/h7-8,11-13,16,18H,3-6,9-10H2,1-2H3. The molecule has 2 atom stereocenters. The zero-order valence-corrected chi connectivity index (χ0v) is 13.6. The Hall–Kier alpha value is -1.14. The molecule has 6 heteroatoms. The molecular formula is C15H25N3O2S. The molecule has 1 fully saturated rings. The molecule has 0 saturated carbocycles. The lowest BCUT2D eigenvalue weighted by Crippen LogP contribution is -2.33. The van der Waals surface area contributed by atoms with Crippen molar-refractivity contribution in [3.8, 4) is 0 Å². The first-order valence-electron chi connectivity index (χ1n) is 7.61. The van der Waals surface area contributed by atoms with Crippen molar-refractivity contribution < 1.29 is 8.42 Å². The van der Waals surface area contributed by atoms with Gasteiger partial charge in [0.05, 0.1) is 11.9 Å². The molecule has 1 aliphatic heterocycles. The fourth-order valence-corrected chi connectivity index (χ4v) is 3.32. The van der Waals surface area contributed by atoms with Crippen molar-refractivity contribution >= 4 is 15.5 Å². The van der Waals surface area contributed by atoms with E-state index in [4.69, 9.17) is 0 Å². The minimum absolute atomic E-state index is 0.117. The van der Waals surface area contributed by atoms with Gasteiger partial charge in [-0.1, -0.05) is 12.8 Å². The van der Waals surface area contributed by atoms with Crippen molar-refractivity contribution in [3.05, 3.63) is 18.3 Å². The van der Waals surface area contributed by atoms with Gasteiger partial charge in [0.1, 0.15) is 0 Å². The van der Waals surface area contributed by atoms with Crippen LogP contribution in [0, 0.1) is 0 Å². The topological polar surface area (TPSA) is 71.1 Å². The number of sulfone groups is 1. The number of nitrogens with zero attached hydrogens (tertiary/aromatic N) is 1. The molecule has 2 unspecified atom stereocenters. The third-order valence-electron chi connectivity index (χ3n) is 3.83. The molecule has 0 aliphatic carbocycles. The second kappa shape index (κ2) is 7.22. The minimum atomic E-state index is -3.22. The normalized spacial score (nSPS) is 21.5. The summed E-state index contributed by atoms with van der Waals surface area (Å²) in [5, 5.41) is 7.10. The molecule has 0 bridgehead atoms. The van der Waals surface area contributed by atoms with E-state index in [0.29, 0.717) is 12.1 Å². The van der Waals surface area contributed by atoms with Gasteiger partial charge in [-0.2, -0.15) is 0 Å². The first-order valence-corrected chi connectivity index (χ1v) is 9.50. The van der Waals surface area contributed by atoms with Crippen LogP contribution in [0.15, 0.2) is 23.4 Å². The van der Waals surface area contributed by atoms with Crippen LogP contribution in [0.2, 0.25) is 0 Å². The Labute approximate surface area is 127 Å². The summed E-state index contributed by atoms with van der Waals surface area (Å²) in [6, 6.07) is 4.22. The minimum Gasteiger partial charge on any atom is -0.381 e. The Balaban J connectivity index is 1.88. The largest absolute Gasteiger partial charge is 0.381 e. The fourth-order valence-electron chi connectivity index (χ4n) is 2.76. The SMILES string of the molecule is CC(CC1CCCCCN1)Nc1ccc(S(C)(=O)=O)nc1. The van der Waals surface area contributed by atoms with Gasteiger partial charge in [-0.05, 0) is 44.9 Å². The number of nitrogens with one attached hydrogen (secondary N) is 2. The maximum Gasteiger partial charge on any atom is 0.192 e. The van der Waals surface area contributed by atoms with Crippen LogP contribution in [0.5, 0.6) is 0 Å². The lowest BCUT2D eigenvalue weighted by atomic mass is 10.0. The van der Waals surface area contributed by atoms with E-state index in [1.165, 1.54) is 31.9 Å². The molecule has 2 rings (SSSR count). The van der Waals surface area contributed by atoms with Gasteiger partial charge in [-0.15, -0.1) is 0 Å². The molecule has 0 aromatic carbocycles. The predicted octanol–water partition coefficient (Wildman–Crippen LogP) is 2.21. The van der Waals surface area contributed by atoms with Crippen molar-refractivity contribution in [1.29, 1.82) is 0 Å². The second-order valence-electron chi connectivity index (χ2n) is 5.94. The van der Waals surface area contributed by atoms with Gasteiger partial charge in [-0.25, -0.2) is 13.4 Å². The molecule has 0 amide bonds. The highest BCUT2D eigenvalue weighted by Gasteiger charge is 2.15. The number of hydrogen-bond acceptors (Lipinski definition) is 5. The first-order chi connectivity index (χ1) is 9.95. The third-order valence-corrected chi connectivity index (χ3v) is 4.83. The van der Waals surface area contributed by atoms with Gasteiger partial charge in [0.15, 0.2) is 14.9 Å². The quantitative estimate of drug-likeness (QED) is 0.872. The molecule has 118 valence electrons. The van der Waals surface area contributed by atoms with E-state index >= 15 is 0 Å². The molecule has 2 N–H and O–H groups in total. The van der Waals surface area contributed by atoms with Crippen LogP contribution in [-0.2, 0) is 9.84 Å². The molecule has 1 aliphatic rings. The summed E-state index contributed by atoms with van der Waals surface area (Å²) in [7, 11) is -3.22. The number of pyridine rings is 1. The van der Waals surface area contributed by atoms with Crippen LogP contribution in [0.4, 0.5) is 5.69 Å². The average molecular weight is 311 g/mol. The van der Waals surface area contributed by atoms with Gasteiger partial charge in [0.25, 0.3) is 0 Å². The van der Waals surface area contributed by atoms with E-state index < -0.39 is 9.84 Å². The van der Waals surface area contributed by atoms with Gasteiger partial charge >= 0.3 is 0 Å². The number of anilines is 1. The number of rotatable bonds is 5. The van der Waals surface area contributed by atoms with Crippen LogP contribution < -0.4 is 10.6 Å².